The number of nitro benzene ring substituents is 1. The van der Waals surface area contributed by atoms with Crippen LogP contribution >= 0.6 is 0 Å². The Balaban J connectivity index is 2.39. The van der Waals surface area contributed by atoms with Gasteiger partial charge < -0.3 is 10.3 Å². The van der Waals surface area contributed by atoms with E-state index in [4.69, 9.17) is 0 Å². The zero-order valence-electron chi connectivity index (χ0n) is 10.6. The van der Waals surface area contributed by atoms with Crippen molar-refractivity contribution in [1.29, 1.82) is 0 Å². The van der Waals surface area contributed by atoms with E-state index in [1.807, 2.05) is 0 Å². The fourth-order valence-electron chi connectivity index (χ4n) is 1.84. The summed E-state index contributed by atoms with van der Waals surface area (Å²) in [7, 11) is 0. The summed E-state index contributed by atoms with van der Waals surface area (Å²) in [6.07, 6.45) is 2.08. The van der Waals surface area contributed by atoms with E-state index in [9.17, 15) is 14.9 Å². The van der Waals surface area contributed by atoms with Crippen molar-refractivity contribution in [2.24, 2.45) is 0 Å². The molecule has 2 rings (SSSR count). The molecule has 1 heterocycles. The molecule has 2 aromatic rings. The fraction of sp³-hybridized carbons (Fsp3) is 0.308. The van der Waals surface area contributed by atoms with E-state index in [1.165, 1.54) is 18.2 Å². The Morgan fingerprint density at radius 1 is 1.37 bits per heavy atom. The molecule has 100 valence electrons. The summed E-state index contributed by atoms with van der Waals surface area (Å²) in [5, 5.41) is 14.1. The highest BCUT2D eigenvalue weighted by Gasteiger charge is 2.09. The van der Waals surface area contributed by atoms with Crippen LogP contribution in [0.2, 0.25) is 0 Å². The lowest BCUT2D eigenvalue weighted by atomic mass is 10.2. The van der Waals surface area contributed by atoms with Crippen molar-refractivity contribution in [3.05, 3.63) is 44.6 Å². The molecular formula is C13H15N3O3. The molecule has 0 fully saturated rings. The first-order valence-electron chi connectivity index (χ1n) is 6.17. The predicted octanol–water partition coefficient (Wildman–Crippen LogP) is 2.65. The van der Waals surface area contributed by atoms with Gasteiger partial charge in [0, 0.05) is 24.7 Å². The van der Waals surface area contributed by atoms with E-state index in [-0.39, 0.29) is 11.1 Å². The molecule has 0 aliphatic carbocycles. The summed E-state index contributed by atoms with van der Waals surface area (Å²) in [5.74, 6) is 0.639. The maximum Gasteiger partial charge on any atom is 0.270 e. The van der Waals surface area contributed by atoms with E-state index in [2.05, 4.69) is 17.2 Å². The molecule has 0 unspecified atom stereocenters. The van der Waals surface area contributed by atoms with Gasteiger partial charge in [0.2, 0.25) is 0 Å². The highest BCUT2D eigenvalue weighted by molar-refractivity contribution is 5.82. The number of fused-ring (bicyclic) bond motifs is 1. The molecule has 0 saturated carbocycles. The van der Waals surface area contributed by atoms with Gasteiger partial charge in [-0.25, -0.2) is 0 Å². The maximum atomic E-state index is 11.9. The quantitative estimate of drug-likeness (QED) is 0.492. The molecule has 0 radical (unpaired) electrons. The number of unbranched alkanes of at least 4 members (excludes halogenated alkanes) is 1. The second-order valence-corrected chi connectivity index (χ2v) is 4.31. The van der Waals surface area contributed by atoms with Crippen molar-refractivity contribution in [1.82, 2.24) is 4.98 Å². The number of benzene rings is 1. The molecule has 0 aliphatic heterocycles. The number of hydrogen-bond acceptors (Lipinski definition) is 4. The Bertz CT molecular complexity index is 664. The van der Waals surface area contributed by atoms with Gasteiger partial charge in [0.1, 0.15) is 5.82 Å². The lowest BCUT2D eigenvalue weighted by molar-refractivity contribution is -0.384. The first-order chi connectivity index (χ1) is 9.11. The molecule has 0 spiro atoms. The Labute approximate surface area is 109 Å². The van der Waals surface area contributed by atoms with Crippen molar-refractivity contribution in [3.8, 4) is 0 Å². The van der Waals surface area contributed by atoms with E-state index in [0.717, 1.165) is 19.4 Å². The average Bonchev–Trinajstić information content (AvgIpc) is 2.38. The van der Waals surface area contributed by atoms with Crippen LogP contribution in [0.3, 0.4) is 0 Å². The number of aromatic amines is 1. The fourth-order valence-corrected chi connectivity index (χ4v) is 1.84. The first kappa shape index (κ1) is 13.1. The molecule has 0 saturated heterocycles. The van der Waals surface area contributed by atoms with Crippen LogP contribution in [-0.4, -0.2) is 16.5 Å². The predicted molar refractivity (Wildman–Crippen MR) is 74.6 cm³/mol. The summed E-state index contributed by atoms with van der Waals surface area (Å²) < 4.78 is 0. The van der Waals surface area contributed by atoms with Crippen LogP contribution in [0, 0.1) is 10.1 Å². The van der Waals surface area contributed by atoms with Crippen LogP contribution in [0.4, 0.5) is 11.5 Å². The maximum absolute atomic E-state index is 11.9. The van der Waals surface area contributed by atoms with Crippen molar-refractivity contribution >= 4 is 22.4 Å². The van der Waals surface area contributed by atoms with Gasteiger partial charge in [-0.2, -0.15) is 0 Å². The third-order valence-corrected chi connectivity index (χ3v) is 2.87. The highest BCUT2D eigenvalue weighted by Crippen LogP contribution is 2.18. The molecule has 6 nitrogen and oxygen atoms in total. The van der Waals surface area contributed by atoms with Crippen molar-refractivity contribution in [2.45, 2.75) is 19.8 Å². The highest BCUT2D eigenvalue weighted by atomic mass is 16.6. The zero-order valence-corrected chi connectivity index (χ0v) is 10.6. The van der Waals surface area contributed by atoms with Crippen LogP contribution in [0.1, 0.15) is 19.8 Å². The van der Waals surface area contributed by atoms with Crippen LogP contribution in [-0.2, 0) is 0 Å². The van der Waals surface area contributed by atoms with Crippen LogP contribution < -0.4 is 10.7 Å². The number of nitrogens with zero attached hydrogens (tertiary/aromatic N) is 1. The summed E-state index contributed by atoms with van der Waals surface area (Å²) in [6, 6.07) is 5.67. The van der Waals surface area contributed by atoms with Crippen LogP contribution in [0.5, 0.6) is 0 Å². The lowest BCUT2D eigenvalue weighted by Gasteiger charge is -2.06. The third kappa shape index (κ3) is 2.90. The standard InChI is InChI=1S/C13H15N3O3/c1-2-3-6-14-13-8-12(17)10-7-9(16(18)19)4-5-11(10)15-13/h4-5,7-8H,2-3,6H2,1H3,(H2,14,15,17). The topological polar surface area (TPSA) is 88.0 Å². The van der Waals surface area contributed by atoms with E-state index < -0.39 is 4.92 Å². The van der Waals surface area contributed by atoms with Gasteiger partial charge in [0.15, 0.2) is 5.43 Å². The summed E-state index contributed by atoms with van der Waals surface area (Å²) in [5.41, 5.74) is 0.290. The number of nitrogens with one attached hydrogen (secondary N) is 2. The molecule has 1 aromatic carbocycles. The van der Waals surface area contributed by atoms with Crippen LogP contribution in [0.25, 0.3) is 10.9 Å². The Hall–Kier alpha value is -2.37. The van der Waals surface area contributed by atoms with Crippen molar-refractivity contribution < 1.29 is 4.92 Å². The molecule has 0 bridgehead atoms. The molecule has 0 amide bonds. The van der Waals surface area contributed by atoms with Gasteiger partial charge in [0.05, 0.1) is 15.8 Å². The SMILES string of the molecule is CCCCNc1cc(=O)c2cc([N+](=O)[O-])ccc2[nH]1. The van der Waals surface area contributed by atoms with E-state index in [1.54, 1.807) is 6.07 Å². The van der Waals surface area contributed by atoms with Gasteiger partial charge in [0.25, 0.3) is 5.69 Å². The summed E-state index contributed by atoms with van der Waals surface area (Å²) >= 11 is 0. The van der Waals surface area contributed by atoms with Gasteiger partial charge in [-0.05, 0) is 12.5 Å². The minimum Gasteiger partial charge on any atom is -0.372 e. The molecule has 2 N–H and O–H groups in total. The first-order valence-corrected chi connectivity index (χ1v) is 6.17. The second kappa shape index (κ2) is 5.51. The number of hydrogen-bond donors (Lipinski definition) is 2. The van der Waals surface area contributed by atoms with E-state index >= 15 is 0 Å². The third-order valence-electron chi connectivity index (χ3n) is 2.87. The van der Waals surface area contributed by atoms with Gasteiger partial charge >= 0.3 is 0 Å². The normalized spacial score (nSPS) is 10.6. The van der Waals surface area contributed by atoms with Crippen molar-refractivity contribution in [2.75, 3.05) is 11.9 Å². The minimum atomic E-state index is -0.508. The summed E-state index contributed by atoms with van der Waals surface area (Å²) in [6.45, 7) is 2.87. The Morgan fingerprint density at radius 3 is 2.84 bits per heavy atom. The lowest BCUT2D eigenvalue weighted by Crippen LogP contribution is -2.09. The average molecular weight is 261 g/mol. The monoisotopic (exact) mass is 261 g/mol. The Morgan fingerprint density at radius 2 is 2.16 bits per heavy atom. The number of nitro groups is 1. The molecule has 0 atom stereocenters. The summed E-state index contributed by atoms with van der Waals surface area (Å²) in [4.78, 5) is 25.2. The number of pyridine rings is 1. The molecule has 1 aromatic heterocycles. The minimum absolute atomic E-state index is 0.0790. The number of anilines is 1. The molecule has 6 heteroatoms. The van der Waals surface area contributed by atoms with Gasteiger partial charge in [-0.3, -0.25) is 14.9 Å². The second-order valence-electron chi connectivity index (χ2n) is 4.31. The largest absolute Gasteiger partial charge is 0.372 e. The zero-order chi connectivity index (χ0) is 13.8. The smallest absolute Gasteiger partial charge is 0.270 e. The number of aromatic nitrogens is 1. The molecule has 19 heavy (non-hydrogen) atoms. The molecular weight excluding hydrogens is 246 g/mol. The number of H-pyrrole nitrogens is 1. The van der Waals surface area contributed by atoms with Crippen LogP contribution in [0.15, 0.2) is 29.1 Å². The Kier molecular flexibility index (Phi) is 3.79. The van der Waals surface area contributed by atoms with Gasteiger partial charge in [-0.15, -0.1) is 0 Å². The number of rotatable bonds is 5. The number of non-ortho nitro benzene ring substituents is 1. The van der Waals surface area contributed by atoms with E-state index in [0.29, 0.717) is 16.7 Å². The van der Waals surface area contributed by atoms with Crippen molar-refractivity contribution in [3.63, 3.8) is 0 Å². The molecule has 0 aliphatic rings. The van der Waals surface area contributed by atoms with Gasteiger partial charge in [-0.1, -0.05) is 13.3 Å².